The van der Waals surface area contributed by atoms with Crippen LogP contribution in [-0.2, 0) is 9.59 Å². The first kappa shape index (κ1) is 15.7. The number of hydrogen-bond acceptors (Lipinski definition) is 2. The van der Waals surface area contributed by atoms with Gasteiger partial charge in [-0.25, -0.2) is 0 Å². The van der Waals surface area contributed by atoms with Gasteiger partial charge >= 0.3 is 5.97 Å². The largest absolute Gasteiger partial charge is 0.481 e. The van der Waals surface area contributed by atoms with E-state index in [2.05, 4.69) is 32.0 Å². The quantitative estimate of drug-likeness (QED) is 0.927. The summed E-state index contributed by atoms with van der Waals surface area (Å²) in [5, 5.41) is 9.68. The van der Waals surface area contributed by atoms with Crippen molar-refractivity contribution >= 4 is 11.9 Å². The van der Waals surface area contributed by atoms with E-state index in [0.29, 0.717) is 18.9 Å². The molecule has 0 bridgehead atoms. The van der Waals surface area contributed by atoms with Crippen molar-refractivity contribution in [3.63, 3.8) is 0 Å². The van der Waals surface area contributed by atoms with Crippen molar-refractivity contribution < 1.29 is 14.7 Å². The lowest BCUT2D eigenvalue weighted by Gasteiger charge is -2.29. The van der Waals surface area contributed by atoms with Gasteiger partial charge in [0, 0.05) is 18.5 Å². The third-order valence-corrected chi connectivity index (χ3v) is 6.69. The summed E-state index contributed by atoms with van der Waals surface area (Å²) in [6, 6.07) is 6.39. The summed E-state index contributed by atoms with van der Waals surface area (Å²) in [5.74, 6) is -0.148. The average Bonchev–Trinajstić information content (AvgIpc) is 3.08. The number of aliphatic carboxylic acids is 1. The Morgan fingerprint density at radius 3 is 2.71 bits per heavy atom. The normalized spacial score (nSPS) is 34.2. The van der Waals surface area contributed by atoms with E-state index >= 15 is 0 Å². The molecule has 0 unspecified atom stereocenters. The van der Waals surface area contributed by atoms with Gasteiger partial charge in [-0.1, -0.05) is 24.6 Å². The number of carbonyl (C=O) groups is 2. The average molecular weight is 327 g/mol. The van der Waals surface area contributed by atoms with Crippen molar-refractivity contribution in [2.24, 2.45) is 11.3 Å². The monoisotopic (exact) mass is 327 g/mol. The lowest BCUT2D eigenvalue weighted by atomic mass is 9.82. The fourth-order valence-corrected chi connectivity index (χ4v) is 4.94. The predicted octanol–water partition coefficient (Wildman–Crippen LogP) is 3.26. The van der Waals surface area contributed by atoms with E-state index in [1.54, 1.807) is 0 Å². The van der Waals surface area contributed by atoms with Gasteiger partial charge in [0.1, 0.15) is 0 Å². The zero-order valence-corrected chi connectivity index (χ0v) is 14.4. The highest BCUT2D eigenvalue weighted by Crippen LogP contribution is 2.53. The molecule has 128 valence electrons. The summed E-state index contributed by atoms with van der Waals surface area (Å²) in [6.45, 7) is 4.83. The van der Waals surface area contributed by atoms with E-state index in [1.165, 1.54) is 16.7 Å². The number of rotatable bonds is 3. The number of likely N-dealkylation sites (tertiary alicyclic amines) is 1. The smallest absolute Gasteiger partial charge is 0.311 e. The van der Waals surface area contributed by atoms with E-state index in [1.807, 2.05) is 4.90 Å². The van der Waals surface area contributed by atoms with Gasteiger partial charge in [0.2, 0.25) is 5.91 Å². The molecule has 1 amide bonds. The van der Waals surface area contributed by atoms with Crippen LogP contribution in [0.15, 0.2) is 18.2 Å². The van der Waals surface area contributed by atoms with Crippen LogP contribution in [0, 0.1) is 25.2 Å². The molecule has 4 atom stereocenters. The summed E-state index contributed by atoms with van der Waals surface area (Å²) >= 11 is 0. The van der Waals surface area contributed by atoms with Crippen LogP contribution in [0.3, 0.4) is 0 Å². The SMILES string of the molecule is Cc1ccc([C@@H]2C[C@H]2C(=O)N2CC[C@]3(C(=O)O)CCC[C@H]23)cc1C. The molecule has 1 aromatic carbocycles. The molecule has 2 aliphatic carbocycles. The summed E-state index contributed by atoms with van der Waals surface area (Å²) in [6.07, 6.45) is 4.03. The molecular formula is C20H25NO3. The molecular weight excluding hydrogens is 302 g/mol. The second kappa shape index (κ2) is 5.33. The van der Waals surface area contributed by atoms with Crippen LogP contribution in [0.4, 0.5) is 0 Å². The van der Waals surface area contributed by atoms with E-state index in [4.69, 9.17) is 0 Å². The molecule has 1 saturated heterocycles. The number of benzene rings is 1. The number of aryl methyl sites for hydroxylation is 2. The number of fused-ring (bicyclic) bond motifs is 1. The Hall–Kier alpha value is -1.84. The van der Waals surface area contributed by atoms with Gasteiger partial charge in [0.05, 0.1) is 5.41 Å². The zero-order chi connectivity index (χ0) is 17.1. The maximum atomic E-state index is 13.0. The van der Waals surface area contributed by atoms with Gasteiger partial charge in [0.25, 0.3) is 0 Å². The molecule has 4 rings (SSSR count). The fraction of sp³-hybridized carbons (Fsp3) is 0.600. The van der Waals surface area contributed by atoms with Crippen molar-refractivity contribution in [1.82, 2.24) is 4.90 Å². The molecule has 4 nitrogen and oxygen atoms in total. The number of carboxylic acids is 1. The molecule has 1 N–H and O–H groups in total. The Labute approximate surface area is 142 Å². The van der Waals surface area contributed by atoms with Gasteiger partial charge in [-0.3, -0.25) is 9.59 Å². The minimum Gasteiger partial charge on any atom is -0.481 e. The molecule has 0 spiro atoms. The van der Waals surface area contributed by atoms with E-state index in [9.17, 15) is 14.7 Å². The molecule has 2 saturated carbocycles. The minimum atomic E-state index is -0.707. The Kier molecular flexibility index (Phi) is 3.48. The fourth-order valence-electron chi connectivity index (χ4n) is 4.94. The maximum Gasteiger partial charge on any atom is 0.311 e. The van der Waals surface area contributed by atoms with Crippen molar-refractivity contribution in [3.8, 4) is 0 Å². The van der Waals surface area contributed by atoms with Gasteiger partial charge in [-0.15, -0.1) is 0 Å². The Morgan fingerprint density at radius 2 is 2.00 bits per heavy atom. The Bertz CT molecular complexity index is 713. The van der Waals surface area contributed by atoms with Gasteiger partial charge in [0.15, 0.2) is 0 Å². The highest BCUT2D eigenvalue weighted by molar-refractivity contribution is 5.86. The standard InChI is InChI=1S/C20H25NO3/c1-12-5-6-14(10-13(12)2)15-11-16(15)18(22)21-9-8-20(19(23)24)7-3-4-17(20)21/h5-6,10,15-17H,3-4,7-9,11H2,1-2H3,(H,23,24)/t15-,16+,17-,20+/m0/s1. The van der Waals surface area contributed by atoms with Gasteiger partial charge < -0.3 is 10.0 Å². The first-order chi connectivity index (χ1) is 11.4. The van der Waals surface area contributed by atoms with Gasteiger partial charge in [-0.05, 0) is 62.1 Å². The summed E-state index contributed by atoms with van der Waals surface area (Å²) in [4.78, 5) is 26.7. The first-order valence-electron chi connectivity index (χ1n) is 9.05. The Balaban J connectivity index is 1.50. The summed E-state index contributed by atoms with van der Waals surface area (Å²) in [5.41, 5.74) is 3.14. The number of hydrogen-bond donors (Lipinski definition) is 1. The van der Waals surface area contributed by atoms with Crippen LogP contribution in [0.1, 0.15) is 54.7 Å². The highest BCUT2D eigenvalue weighted by Gasteiger charge is 2.59. The number of nitrogens with zero attached hydrogens (tertiary/aromatic N) is 1. The van der Waals surface area contributed by atoms with Crippen LogP contribution in [0.2, 0.25) is 0 Å². The topological polar surface area (TPSA) is 57.6 Å². The second-order valence-electron chi connectivity index (χ2n) is 7.94. The maximum absolute atomic E-state index is 13.0. The van der Waals surface area contributed by atoms with Crippen LogP contribution < -0.4 is 0 Å². The number of carbonyl (C=O) groups excluding carboxylic acids is 1. The molecule has 1 aromatic rings. The van der Waals surface area contributed by atoms with Crippen LogP contribution in [-0.4, -0.2) is 34.5 Å². The van der Waals surface area contributed by atoms with Gasteiger partial charge in [-0.2, -0.15) is 0 Å². The first-order valence-corrected chi connectivity index (χ1v) is 9.05. The molecule has 24 heavy (non-hydrogen) atoms. The molecule has 3 aliphatic rings. The lowest BCUT2D eigenvalue weighted by Crippen LogP contribution is -2.43. The molecule has 3 fully saturated rings. The number of amides is 1. The van der Waals surface area contributed by atoms with Crippen molar-refractivity contribution in [3.05, 3.63) is 34.9 Å². The molecule has 0 aromatic heterocycles. The molecule has 0 radical (unpaired) electrons. The summed E-state index contributed by atoms with van der Waals surface area (Å²) in [7, 11) is 0. The Morgan fingerprint density at radius 1 is 1.21 bits per heavy atom. The number of carboxylic acid groups (broad SMARTS) is 1. The van der Waals surface area contributed by atoms with Crippen molar-refractivity contribution in [2.75, 3.05) is 6.54 Å². The van der Waals surface area contributed by atoms with Crippen LogP contribution in [0.25, 0.3) is 0 Å². The third kappa shape index (κ3) is 2.19. The minimum absolute atomic E-state index is 0.0531. The highest BCUT2D eigenvalue weighted by atomic mass is 16.4. The molecule has 4 heteroatoms. The van der Waals surface area contributed by atoms with Crippen molar-refractivity contribution in [2.45, 2.75) is 57.9 Å². The third-order valence-electron chi connectivity index (χ3n) is 6.69. The summed E-state index contributed by atoms with van der Waals surface area (Å²) < 4.78 is 0. The van der Waals surface area contributed by atoms with Crippen molar-refractivity contribution in [1.29, 1.82) is 0 Å². The molecule has 1 aliphatic heterocycles. The lowest BCUT2D eigenvalue weighted by molar-refractivity contribution is -0.150. The molecule has 1 heterocycles. The van der Waals surface area contributed by atoms with Crippen LogP contribution >= 0.6 is 0 Å². The van der Waals surface area contributed by atoms with E-state index in [-0.39, 0.29) is 17.9 Å². The van der Waals surface area contributed by atoms with E-state index < -0.39 is 11.4 Å². The van der Waals surface area contributed by atoms with E-state index in [0.717, 1.165) is 25.7 Å². The second-order valence-corrected chi connectivity index (χ2v) is 7.94. The van der Waals surface area contributed by atoms with Crippen LogP contribution in [0.5, 0.6) is 0 Å². The predicted molar refractivity (Wildman–Crippen MR) is 90.8 cm³/mol. The zero-order valence-electron chi connectivity index (χ0n) is 14.4.